The first-order valence-corrected chi connectivity index (χ1v) is 6.24. The van der Waals surface area contributed by atoms with E-state index in [0.29, 0.717) is 5.92 Å². The van der Waals surface area contributed by atoms with Gasteiger partial charge in [-0.25, -0.2) is 0 Å². The van der Waals surface area contributed by atoms with E-state index in [2.05, 4.69) is 40.3 Å². The van der Waals surface area contributed by atoms with Crippen molar-refractivity contribution in [3.05, 3.63) is 12.7 Å². The minimum Gasteiger partial charge on any atom is -0.103 e. The molecule has 1 fully saturated rings. The minimum absolute atomic E-state index is 0.700. The molecule has 0 N–H and O–H groups in total. The van der Waals surface area contributed by atoms with Crippen LogP contribution in [0.5, 0.6) is 0 Å². The third-order valence-corrected chi connectivity index (χ3v) is 4.23. The Morgan fingerprint density at radius 1 is 1.36 bits per heavy atom. The van der Waals surface area contributed by atoms with Crippen LogP contribution in [0.4, 0.5) is 0 Å². The van der Waals surface area contributed by atoms with Crippen molar-refractivity contribution in [3.8, 4) is 0 Å². The van der Waals surface area contributed by atoms with Crippen molar-refractivity contribution in [2.24, 2.45) is 29.6 Å². The summed E-state index contributed by atoms with van der Waals surface area (Å²) in [4.78, 5) is 0. The van der Waals surface area contributed by atoms with Crippen LogP contribution >= 0.6 is 0 Å². The predicted molar refractivity (Wildman–Crippen MR) is 64.2 cm³/mol. The fourth-order valence-corrected chi connectivity index (χ4v) is 3.60. The molecular weight excluding hydrogens is 168 g/mol. The molecule has 14 heavy (non-hydrogen) atoms. The van der Waals surface area contributed by atoms with Gasteiger partial charge in [-0.15, -0.1) is 6.58 Å². The molecule has 0 spiro atoms. The molecule has 1 rings (SSSR count). The van der Waals surface area contributed by atoms with E-state index in [-0.39, 0.29) is 0 Å². The summed E-state index contributed by atoms with van der Waals surface area (Å²) in [6.45, 7) is 13.5. The van der Waals surface area contributed by atoms with E-state index in [1.807, 2.05) is 0 Å². The third-order valence-electron chi connectivity index (χ3n) is 4.23. The van der Waals surface area contributed by atoms with Gasteiger partial charge in [0, 0.05) is 0 Å². The fourth-order valence-electron chi connectivity index (χ4n) is 3.60. The van der Waals surface area contributed by atoms with Gasteiger partial charge in [0.1, 0.15) is 0 Å². The quantitative estimate of drug-likeness (QED) is 0.577. The van der Waals surface area contributed by atoms with Gasteiger partial charge in [-0.2, -0.15) is 0 Å². The minimum atomic E-state index is 0.700. The molecule has 0 heterocycles. The SMILES string of the molecule is C=CC(C)C1C(C)CC(C)C1CCC. The van der Waals surface area contributed by atoms with Crippen molar-refractivity contribution in [1.29, 1.82) is 0 Å². The molecule has 0 amide bonds. The first-order valence-electron chi connectivity index (χ1n) is 6.24. The van der Waals surface area contributed by atoms with Crippen LogP contribution in [0, 0.1) is 29.6 Å². The summed E-state index contributed by atoms with van der Waals surface area (Å²) in [6.07, 6.45) is 6.33. The molecule has 5 unspecified atom stereocenters. The normalized spacial score (nSPS) is 39.7. The Morgan fingerprint density at radius 3 is 2.50 bits per heavy atom. The zero-order valence-electron chi connectivity index (χ0n) is 10.3. The van der Waals surface area contributed by atoms with Crippen LogP contribution in [0.1, 0.15) is 47.0 Å². The molecular formula is C14H26. The Bertz CT molecular complexity index is 182. The molecule has 0 radical (unpaired) electrons. The number of hydrogen-bond acceptors (Lipinski definition) is 0. The van der Waals surface area contributed by atoms with Crippen LogP contribution in [-0.4, -0.2) is 0 Å². The number of rotatable bonds is 4. The predicted octanol–water partition coefficient (Wildman–Crippen LogP) is 4.52. The summed E-state index contributed by atoms with van der Waals surface area (Å²) in [6, 6.07) is 0. The Kier molecular flexibility index (Phi) is 4.22. The second-order valence-corrected chi connectivity index (χ2v) is 5.31. The van der Waals surface area contributed by atoms with Crippen LogP contribution in [0.25, 0.3) is 0 Å². The smallest absolute Gasteiger partial charge is 0.0231 e. The van der Waals surface area contributed by atoms with E-state index in [4.69, 9.17) is 0 Å². The maximum absolute atomic E-state index is 3.96. The average molecular weight is 194 g/mol. The Hall–Kier alpha value is -0.260. The van der Waals surface area contributed by atoms with Gasteiger partial charge in [0.15, 0.2) is 0 Å². The van der Waals surface area contributed by atoms with Gasteiger partial charge in [0.2, 0.25) is 0 Å². The van der Waals surface area contributed by atoms with Gasteiger partial charge in [-0.1, -0.05) is 46.6 Å². The van der Waals surface area contributed by atoms with Gasteiger partial charge in [-0.3, -0.25) is 0 Å². The van der Waals surface area contributed by atoms with Crippen molar-refractivity contribution in [3.63, 3.8) is 0 Å². The van der Waals surface area contributed by atoms with Gasteiger partial charge in [-0.05, 0) is 36.0 Å². The average Bonchev–Trinajstić information content (AvgIpc) is 2.42. The first-order chi connectivity index (χ1) is 6.61. The lowest BCUT2D eigenvalue weighted by Crippen LogP contribution is -2.21. The summed E-state index contributed by atoms with van der Waals surface area (Å²) in [5, 5.41) is 0. The summed E-state index contributed by atoms with van der Waals surface area (Å²) in [5.74, 6) is 4.36. The van der Waals surface area contributed by atoms with Gasteiger partial charge in [0.05, 0.1) is 0 Å². The first kappa shape index (κ1) is 11.8. The summed E-state index contributed by atoms with van der Waals surface area (Å²) in [7, 11) is 0. The second-order valence-electron chi connectivity index (χ2n) is 5.31. The monoisotopic (exact) mass is 194 g/mol. The van der Waals surface area contributed by atoms with Crippen molar-refractivity contribution in [1.82, 2.24) is 0 Å². The highest BCUT2D eigenvalue weighted by atomic mass is 14.4. The summed E-state index contributed by atoms with van der Waals surface area (Å²) >= 11 is 0. The van der Waals surface area contributed by atoms with Gasteiger partial charge < -0.3 is 0 Å². The Labute approximate surface area is 89.8 Å². The van der Waals surface area contributed by atoms with Crippen LogP contribution in [-0.2, 0) is 0 Å². The van der Waals surface area contributed by atoms with E-state index in [0.717, 1.165) is 23.7 Å². The molecule has 0 saturated heterocycles. The van der Waals surface area contributed by atoms with E-state index >= 15 is 0 Å². The zero-order chi connectivity index (χ0) is 10.7. The molecule has 1 aliphatic rings. The van der Waals surface area contributed by atoms with Crippen molar-refractivity contribution in [2.45, 2.75) is 47.0 Å². The van der Waals surface area contributed by atoms with Crippen LogP contribution < -0.4 is 0 Å². The maximum Gasteiger partial charge on any atom is -0.0231 e. The largest absolute Gasteiger partial charge is 0.103 e. The molecule has 0 bridgehead atoms. The van der Waals surface area contributed by atoms with Crippen molar-refractivity contribution >= 4 is 0 Å². The van der Waals surface area contributed by atoms with Gasteiger partial charge >= 0.3 is 0 Å². The summed E-state index contributed by atoms with van der Waals surface area (Å²) < 4.78 is 0. The fraction of sp³-hybridized carbons (Fsp3) is 0.857. The van der Waals surface area contributed by atoms with Crippen LogP contribution in [0.15, 0.2) is 12.7 Å². The molecule has 0 aromatic rings. The van der Waals surface area contributed by atoms with E-state index < -0.39 is 0 Å². The highest BCUT2D eigenvalue weighted by Gasteiger charge is 2.39. The third kappa shape index (κ3) is 2.21. The molecule has 1 saturated carbocycles. The molecule has 82 valence electrons. The highest BCUT2D eigenvalue weighted by molar-refractivity contribution is 4.94. The topological polar surface area (TPSA) is 0 Å². The van der Waals surface area contributed by atoms with Crippen molar-refractivity contribution in [2.75, 3.05) is 0 Å². The lowest BCUT2D eigenvalue weighted by atomic mass is 9.77. The lowest BCUT2D eigenvalue weighted by molar-refractivity contribution is 0.230. The van der Waals surface area contributed by atoms with E-state index in [1.165, 1.54) is 19.3 Å². The Balaban J connectivity index is 2.72. The van der Waals surface area contributed by atoms with Crippen molar-refractivity contribution < 1.29 is 0 Å². The molecule has 0 aliphatic heterocycles. The standard InChI is InChI=1S/C14H26/c1-6-8-13-11(4)9-12(5)14(13)10(3)7-2/h7,10-14H,2,6,8-9H2,1,3-5H3. The second kappa shape index (κ2) is 5.00. The number of allylic oxidation sites excluding steroid dienone is 1. The van der Waals surface area contributed by atoms with Gasteiger partial charge in [0.25, 0.3) is 0 Å². The summed E-state index contributed by atoms with van der Waals surface area (Å²) in [5.41, 5.74) is 0. The van der Waals surface area contributed by atoms with Crippen LogP contribution in [0.2, 0.25) is 0 Å². The Morgan fingerprint density at radius 2 is 2.00 bits per heavy atom. The molecule has 0 aromatic heterocycles. The zero-order valence-corrected chi connectivity index (χ0v) is 10.3. The molecule has 1 aliphatic carbocycles. The van der Waals surface area contributed by atoms with E-state index in [1.54, 1.807) is 0 Å². The highest BCUT2D eigenvalue weighted by Crippen LogP contribution is 2.47. The molecule has 0 heteroatoms. The number of hydrogen-bond donors (Lipinski definition) is 0. The maximum atomic E-state index is 3.96. The van der Waals surface area contributed by atoms with E-state index in [9.17, 15) is 0 Å². The van der Waals surface area contributed by atoms with Crippen LogP contribution in [0.3, 0.4) is 0 Å². The molecule has 0 nitrogen and oxygen atoms in total. The molecule has 5 atom stereocenters. The lowest BCUT2D eigenvalue weighted by Gasteiger charge is -2.28. The molecule has 0 aromatic carbocycles.